The highest BCUT2D eigenvalue weighted by atomic mass is 35.6. The van der Waals surface area contributed by atoms with Gasteiger partial charge in [0.1, 0.15) is 5.75 Å². The zero-order chi connectivity index (χ0) is 17.9. The molecule has 2 rings (SSSR count). The summed E-state index contributed by atoms with van der Waals surface area (Å²) in [7, 11) is 0. The van der Waals surface area contributed by atoms with Crippen LogP contribution in [0, 0.1) is 5.92 Å². The van der Waals surface area contributed by atoms with Gasteiger partial charge in [0.2, 0.25) is 15.9 Å². The molecule has 0 saturated heterocycles. The molecule has 4 nitrogen and oxygen atoms in total. The number of rotatable bonds is 5. The fourth-order valence-corrected chi connectivity index (χ4v) is 2.74. The molecule has 25 heavy (non-hydrogen) atoms. The molecule has 1 atom stereocenters. The van der Waals surface area contributed by atoms with E-state index in [0.29, 0.717) is 17.2 Å². The number of carbonyl (C=O) groups is 1. The number of nitrogens with one attached hydrogen (secondary N) is 1. The number of fused-ring (bicyclic) bond motifs is 1. The van der Waals surface area contributed by atoms with Crippen molar-refractivity contribution in [3.8, 4) is 5.75 Å². The van der Waals surface area contributed by atoms with Crippen molar-refractivity contribution in [2.24, 2.45) is 5.92 Å². The standard InChI is InChI=1S/C17H17Cl4NO2.H2O/c1-10(2)9-15(23)22-16(17(19,20)21)24-14-8-7-13(18)11-5-3-4-6-12(11)14;/h3-8,10,16H,9H2,1-2H3,(H,22,23);1H2. The molecular weight excluding hydrogens is 408 g/mol. The molecule has 2 aromatic rings. The van der Waals surface area contributed by atoms with Crippen molar-refractivity contribution in [1.29, 1.82) is 0 Å². The largest absolute Gasteiger partial charge is 0.465 e. The lowest BCUT2D eigenvalue weighted by Crippen LogP contribution is -2.48. The van der Waals surface area contributed by atoms with Crippen LogP contribution in [-0.4, -0.2) is 21.4 Å². The van der Waals surface area contributed by atoms with Gasteiger partial charge < -0.3 is 15.5 Å². The molecule has 3 N–H and O–H groups in total. The lowest BCUT2D eigenvalue weighted by Gasteiger charge is -2.27. The van der Waals surface area contributed by atoms with Crippen molar-refractivity contribution >= 4 is 63.1 Å². The molecule has 0 fully saturated rings. The Morgan fingerprint density at radius 1 is 1.12 bits per heavy atom. The second-order valence-corrected chi connectivity index (χ2v) is 8.57. The summed E-state index contributed by atoms with van der Waals surface area (Å²) >= 11 is 24.1. The van der Waals surface area contributed by atoms with Crippen molar-refractivity contribution in [3.05, 3.63) is 41.4 Å². The van der Waals surface area contributed by atoms with Crippen LogP contribution in [-0.2, 0) is 4.79 Å². The molecule has 0 radical (unpaired) electrons. The SMILES string of the molecule is CC(C)CC(=O)NC(Oc1ccc(Cl)c2ccccc12)C(Cl)(Cl)Cl.O. The average molecular weight is 427 g/mol. The summed E-state index contributed by atoms with van der Waals surface area (Å²) in [6.07, 6.45) is -0.819. The van der Waals surface area contributed by atoms with Gasteiger partial charge in [0.05, 0.1) is 0 Å². The Kier molecular flexibility index (Phi) is 8.10. The van der Waals surface area contributed by atoms with Gasteiger partial charge >= 0.3 is 0 Å². The van der Waals surface area contributed by atoms with E-state index in [0.717, 1.165) is 10.8 Å². The van der Waals surface area contributed by atoms with Crippen LogP contribution in [0.15, 0.2) is 36.4 Å². The number of hydrogen-bond donors (Lipinski definition) is 1. The molecule has 0 aliphatic heterocycles. The molecule has 2 aromatic carbocycles. The first-order chi connectivity index (χ1) is 11.2. The van der Waals surface area contributed by atoms with Crippen LogP contribution in [0.1, 0.15) is 20.3 Å². The average Bonchev–Trinajstić information content (AvgIpc) is 2.47. The summed E-state index contributed by atoms with van der Waals surface area (Å²) in [5.41, 5.74) is 0. The number of amides is 1. The maximum Gasteiger partial charge on any atom is 0.246 e. The van der Waals surface area contributed by atoms with Gasteiger partial charge in [-0.05, 0) is 18.1 Å². The zero-order valence-corrected chi connectivity index (χ0v) is 16.7. The first-order valence-electron chi connectivity index (χ1n) is 7.38. The smallest absolute Gasteiger partial charge is 0.246 e. The Balaban J connectivity index is 0.00000312. The maximum atomic E-state index is 12.0. The molecule has 0 saturated carbocycles. The quantitative estimate of drug-likeness (QED) is 0.545. The number of ether oxygens (including phenoxy) is 1. The molecular formula is C17H19Cl4NO3. The van der Waals surface area contributed by atoms with E-state index in [9.17, 15) is 4.79 Å². The minimum atomic E-state index is -1.83. The van der Waals surface area contributed by atoms with Crippen LogP contribution >= 0.6 is 46.4 Å². The first kappa shape index (κ1) is 22.1. The van der Waals surface area contributed by atoms with Crippen LogP contribution in [0.4, 0.5) is 0 Å². The van der Waals surface area contributed by atoms with E-state index in [1.807, 2.05) is 38.1 Å². The van der Waals surface area contributed by atoms with E-state index >= 15 is 0 Å². The molecule has 0 bridgehead atoms. The van der Waals surface area contributed by atoms with Crippen LogP contribution in [0.3, 0.4) is 0 Å². The minimum Gasteiger partial charge on any atom is -0.465 e. The van der Waals surface area contributed by atoms with E-state index in [1.165, 1.54) is 0 Å². The molecule has 1 unspecified atom stereocenters. The van der Waals surface area contributed by atoms with Gasteiger partial charge in [0, 0.05) is 22.2 Å². The second kappa shape index (κ2) is 9.15. The van der Waals surface area contributed by atoms with E-state index in [4.69, 9.17) is 51.1 Å². The molecule has 0 aliphatic rings. The molecule has 1 amide bonds. The molecule has 0 spiro atoms. The van der Waals surface area contributed by atoms with Gasteiger partial charge in [-0.2, -0.15) is 0 Å². The monoisotopic (exact) mass is 425 g/mol. The minimum absolute atomic E-state index is 0. The van der Waals surface area contributed by atoms with Gasteiger partial charge in [0.25, 0.3) is 0 Å². The van der Waals surface area contributed by atoms with Crippen LogP contribution in [0.25, 0.3) is 10.8 Å². The van der Waals surface area contributed by atoms with Crippen molar-refractivity contribution < 1.29 is 15.0 Å². The number of alkyl halides is 3. The number of hydrogen-bond acceptors (Lipinski definition) is 2. The number of halogens is 4. The normalized spacial score (nSPS) is 12.6. The molecule has 0 aromatic heterocycles. The van der Waals surface area contributed by atoms with Crippen molar-refractivity contribution in [3.63, 3.8) is 0 Å². The highest BCUT2D eigenvalue weighted by Gasteiger charge is 2.36. The number of carbonyl (C=O) groups excluding carboxylic acids is 1. The third kappa shape index (κ3) is 6.08. The Hall–Kier alpha value is -0.910. The topological polar surface area (TPSA) is 69.8 Å². The molecule has 0 aliphatic carbocycles. The Bertz CT molecular complexity index is 731. The predicted octanol–water partition coefficient (Wildman–Crippen LogP) is 4.91. The van der Waals surface area contributed by atoms with E-state index in [2.05, 4.69) is 5.32 Å². The fraction of sp³-hybridized carbons (Fsp3) is 0.353. The zero-order valence-electron chi connectivity index (χ0n) is 13.7. The third-order valence-corrected chi connectivity index (χ3v) is 4.18. The van der Waals surface area contributed by atoms with Crippen LogP contribution in [0.5, 0.6) is 5.75 Å². The maximum absolute atomic E-state index is 12.0. The Morgan fingerprint density at radius 3 is 2.28 bits per heavy atom. The van der Waals surface area contributed by atoms with Crippen molar-refractivity contribution in [1.82, 2.24) is 5.32 Å². The summed E-state index contributed by atoms with van der Waals surface area (Å²) in [5, 5.41) is 4.80. The summed E-state index contributed by atoms with van der Waals surface area (Å²) in [6.45, 7) is 3.86. The highest BCUT2D eigenvalue weighted by Crippen LogP contribution is 2.36. The van der Waals surface area contributed by atoms with Gasteiger partial charge in [-0.15, -0.1) is 0 Å². The van der Waals surface area contributed by atoms with Gasteiger partial charge in [0.15, 0.2) is 0 Å². The van der Waals surface area contributed by atoms with Crippen molar-refractivity contribution in [2.45, 2.75) is 30.3 Å². The fourth-order valence-electron chi connectivity index (χ4n) is 2.22. The molecule has 0 heterocycles. The summed E-state index contributed by atoms with van der Waals surface area (Å²) in [4.78, 5) is 12.0. The van der Waals surface area contributed by atoms with Gasteiger partial charge in [-0.3, -0.25) is 4.79 Å². The van der Waals surface area contributed by atoms with Gasteiger partial charge in [-0.1, -0.05) is 84.5 Å². The Morgan fingerprint density at radius 2 is 1.72 bits per heavy atom. The molecule has 8 heteroatoms. The van der Waals surface area contributed by atoms with E-state index in [-0.39, 0.29) is 17.3 Å². The van der Waals surface area contributed by atoms with Crippen LogP contribution in [0.2, 0.25) is 5.02 Å². The lowest BCUT2D eigenvalue weighted by molar-refractivity contribution is -0.124. The predicted molar refractivity (Wildman–Crippen MR) is 105 cm³/mol. The summed E-state index contributed by atoms with van der Waals surface area (Å²) < 4.78 is 3.99. The summed E-state index contributed by atoms with van der Waals surface area (Å²) in [5.74, 6) is 0.396. The van der Waals surface area contributed by atoms with Crippen LogP contribution < -0.4 is 10.1 Å². The first-order valence-corrected chi connectivity index (χ1v) is 8.89. The third-order valence-electron chi connectivity index (χ3n) is 3.26. The molecule has 138 valence electrons. The lowest BCUT2D eigenvalue weighted by atomic mass is 10.1. The van der Waals surface area contributed by atoms with E-state index in [1.54, 1.807) is 12.1 Å². The Labute approximate surface area is 166 Å². The van der Waals surface area contributed by atoms with Gasteiger partial charge in [-0.25, -0.2) is 0 Å². The van der Waals surface area contributed by atoms with E-state index < -0.39 is 10.0 Å². The summed E-state index contributed by atoms with van der Waals surface area (Å²) in [6, 6.07) is 10.8. The van der Waals surface area contributed by atoms with Crippen molar-refractivity contribution in [2.75, 3.05) is 0 Å². The second-order valence-electron chi connectivity index (χ2n) is 5.80. The highest BCUT2D eigenvalue weighted by molar-refractivity contribution is 6.68. The number of benzene rings is 2.